The number of carboxylic acid groups (broad SMARTS) is 1. The maximum Gasteiger partial charge on any atom is 0.471 e. The predicted octanol–water partition coefficient (Wildman–Crippen LogP) is 1.29. The molecule has 0 atom stereocenters. The molecule has 18 heavy (non-hydrogen) atoms. The molecule has 0 saturated carbocycles. The maximum absolute atomic E-state index is 12.0. The van der Waals surface area contributed by atoms with Crippen LogP contribution in [-0.2, 0) is 4.79 Å². The minimum absolute atomic E-state index is 0.213. The number of carboxylic acids is 1. The third kappa shape index (κ3) is 3.09. The minimum atomic E-state index is -5.06. The van der Waals surface area contributed by atoms with E-state index in [1.165, 1.54) is 5.32 Å². The summed E-state index contributed by atoms with van der Waals surface area (Å²) in [5.74, 6) is -4.23. The van der Waals surface area contributed by atoms with Gasteiger partial charge in [0.05, 0.1) is 7.11 Å². The molecule has 0 bridgehead atoms. The number of rotatable bonds is 3. The molecule has 0 radical (unpaired) electrons. The van der Waals surface area contributed by atoms with Crippen LogP contribution in [0.4, 0.5) is 19.0 Å². The van der Waals surface area contributed by atoms with Gasteiger partial charge in [-0.3, -0.25) is 4.79 Å². The molecule has 0 aliphatic rings. The van der Waals surface area contributed by atoms with Gasteiger partial charge in [0.2, 0.25) is 0 Å². The van der Waals surface area contributed by atoms with Crippen LogP contribution in [0.25, 0.3) is 0 Å². The molecular formula is C9H7F3N2O4. The fourth-order valence-corrected chi connectivity index (χ4v) is 1.02. The van der Waals surface area contributed by atoms with Crippen molar-refractivity contribution in [3.63, 3.8) is 0 Å². The van der Waals surface area contributed by atoms with Gasteiger partial charge in [-0.15, -0.1) is 0 Å². The lowest BCUT2D eigenvalue weighted by molar-refractivity contribution is -0.167. The average Bonchev–Trinajstić information content (AvgIpc) is 2.27. The van der Waals surface area contributed by atoms with E-state index in [-0.39, 0.29) is 11.3 Å². The Morgan fingerprint density at radius 2 is 2.06 bits per heavy atom. The number of ether oxygens (including phenoxy) is 1. The maximum atomic E-state index is 12.0. The Balaban J connectivity index is 3.00. The largest absolute Gasteiger partial charge is 0.496 e. The molecule has 0 unspecified atom stereocenters. The Kier molecular flexibility index (Phi) is 3.74. The van der Waals surface area contributed by atoms with Crippen molar-refractivity contribution >= 4 is 17.7 Å². The molecule has 1 aromatic rings. The number of aromatic carboxylic acids is 1. The summed E-state index contributed by atoms with van der Waals surface area (Å²) in [5, 5.41) is 10.2. The molecule has 0 aliphatic carbocycles. The normalized spacial score (nSPS) is 10.9. The van der Waals surface area contributed by atoms with E-state index in [9.17, 15) is 22.8 Å². The quantitative estimate of drug-likeness (QED) is 0.858. The van der Waals surface area contributed by atoms with Crippen LogP contribution >= 0.6 is 0 Å². The predicted molar refractivity (Wildman–Crippen MR) is 52.4 cm³/mol. The molecule has 1 aromatic heterocycles. The molecule has 0 fully saturated rings. The van der Waals surface area contributed by atoms with E-state index in [1.54, 1.807) is 0 Å². The lowest BCUT2D eigenvalue weighted by Gasteiger charge is -2.09. The van der Waals surface area contributed by atoms with Crippen molar-refractivity contribution in [1.29, 1.82) is 0 Å². The molecule has 98 valence electrons. The summed E-state index contributed by atoms with van der Waals surface area (Å²) in [7, 11) is 1.14. The number of carbonyl (C=O) groups is 2. The van der Waals surface area contributed by atoms with Crippen molar-refractivity contribution in [1.82, 2.24) is 4.98 Å². The number of methoxy groups -OCH3 is 1. The standard InChI is InChI=1S/C9H7F3N2O4/c1-18-5-2-6(13-3-4(5)7(15)16)14-8(17)9(10,11)12/h2-3H,1H3,(H,15,16)(H,13,14,17). The first-order chi connectivity index (χ1) is 8.25. The highest BCUT2D eigenvalue weighted by Gasteiger charge is 2.39. The van der Waals surface area contributed by atoms with Gasteiger partial charge >= 0.3 is 18.1 Å². The zero-order chi connectivity index (χ0) is 13.9. The highest BCUT2D eigenvalue weighted by atomic mass is 19.4. The van der Waals surface area contributed by atoms with Crippen LogP contribution in [-0.4, -0.2) is 35.3 Å². The molecular weight excluding hydrogens is 257 g/mol. The van der Waals surface area contributed by atoms with Crippen LogP contribution in [0.1, 0.15) is 10.4 Å². The molecule has 1 rings (SSSR count). The number of amides is 1. The van der Waals surface area contributed by atoms with Crippen molar-refractivity contribution in [2.75, 3.05) is 12.4 Å². The molecule has 0 aromatic carbocycles. The van der Waals surface area contributed by atoms with E-state index in [2.05, 4.69) is 9.72 Å². The highest BCUT2D eigenvalue weighted by molar-refractivity contribution is 5.95. The SMILES string of the molecule is COc1cc(NC(=O)C(F)(F)F)ncc1C(=O)O. The van der Waals surface area contributed by atoms with Gasteiger partial charge in [-0.05, 0) is 0 Å². The number of pyridine rings is 1. The van der Waals surface area contributed by atoms with E-state index >= 15 is 0 Å². The van der Waals surface area contributed by atoms with Crippen molar-refractivity contribution in [3.8, 4) is 5.75 Å². The molecule has 2 N–H and O–H groups in total. The van der Waals surface area contributed by atoms with Crippen molar-refractivity contribution < 1.29 is 32.6 Å². The van der Waals surface area contributed by atoms with Crippen LogP contribution in [0.15, 0.2) is 12.3 Å². The van der Waals surface area contributed by atoms with Gasteiger partial charge in [-0.2, -0.15) is 13.2 Å². The topological polar surface area (TPSA) is 88.5 Å². The van der Waals surface area contributed by atoms with Gasteiger partial charge in [-0.1, -0.05) is 0 Å². The second kappa shape index (κ2) is 4.90. The highest BCUT2D eigenvalue weighted by Crippen LogP contribution is 2.22. The van der Waals surface area contributed by atoms with Crippen molar-refractivity contribution in [2.45, 2.75) is 6.18 Å². The molecule has 1 amide bonds. The number of hydrogen-bond acceptors (Lipinski definition) is 4. The summed E-state index contributed by atoms with van der Waals surface area (Å²) in [4.78, 5) is 24.7. The van der Waals surface area contributed by atoms with Crippen LogP contribution in [0, 0.1) is 0 Å². The number of halogens is 3. The fourth-order valence-electron chi connectivity index (χ4n) is 1.02. The lowest BCUT2D eigenvalue weighted by atomic mass is 10.2. The summed E-state index contributed by atoms with van der Waals surface area (Å²) >= 11 is 0. The third-order valence-electron chi connectivity index (χ3n) is 1.82. The van der Waals surface area contributed by atoms with Gasteiger partial charge in [0, 0.05) is 12.3 Å². The van der Waals surface area contributed by atoms with E-state index in [1.807, 2.05) is 0 Å². The summed E-state index contributed by atoms with van der Waals surface area (Å²) < 4.78 is 40.5. The number of alkyl halides is 3. The number of nitrogens with zero attached hydrogens (tertiary/aromatic N) is 1. The van der Waals surface area contributed by atoms with Crippen molar-refractivity contribution in [3.05, 3.63) is 17.8 Å². The second-order valence-electron chi connectivity index (χ2n) is 3.03. The third-order valence-corrected chi connectivity index (χ3v) is 1.82. The smallest absolute Gasteiger partial charge is 0.471 e. The van der Waals surface area contributed by atoms with Gasteiger partial charge < -0.3 is 15.2 Å². The number of anilines is 1. The molecule has 9 heteroatoms. The van der Waals surface area contributed by atoms with Gasteiger partial charge in [0.15, 0.2) is 0 Å². The lowest BCUT2D eigenvalue weighted by Crippen LogP contribution is -2.30. The van der Waals surface area contributed by atoms with Crippen LogP contribution in [0.2, 0.25) is 0 Å². The number of aromatic nitrogens is 1. The van der Waals surface area contributed by atoms with Gasteiger partial charge in [0.25, 0.3) is 0 Å². The van der Waals surface area contributed by atoms with Gasteiger partial charge in [0.1, 0.15) is 17.1 Å². The molecule has 0 saturated heterocycles. The Labute approximate surface area is 98.4 Å². The van der Waals surface area contributed by atoms with Crippen LogP contribution in [0.5, 0.6) is 5.75 Å². The van der Waals surface area contributed by atoms with Crippen molar-refractivity contribution in [2.24, 2.45) is 0 Å². The minimum Gasteiger partial charge on any atom is -0.496 e. The zero-order valence-electron chi connectivity index (χ0n) is 8.91. The summed E-state index contributed by atoms with van der Waals surface area (Å²) in [6.45, 7) is 0. The van der Waals surface area contributed by atoms with Gasteiger partial charge in [-0.25, -0.2) is 9.78 Å². The van der Waals surface area contributed by atoms with Crippen LogP contribution in [0.3, 0.4) is 0 Å². The fraction of sp³-hybridized carbons (Fsp3) is 0.222. The summed E-state index contributed by atoms with van der Waals surface area (Å²) in [6, 6.07) is 0.882. The first-order valence-corrected chi connectivity index (χ1v) is 4.41. The van der Waals surface area contributed by atoms with E-state index in [0.717, 1.165) is 19.4 Å². The number of carbonyl (C=O) groups excluding carboxylic acids is 1. The second-order valence-corrected chi connectivity index (χ2v) is 3.03. The zero-order valence-corrected chi connectivity index (χ0v) is 8.91. The van der Waals surface area contributed by atoms with E-state index in [4.69, 9.17) is 5.11 Å². The van der Waals surface area contributed by atoms with E-state index < -0.39 is 23.9 Å². The Bertz CT molecular complexity index is 487. The molecule has 6 nitrogen and oxygen atoms in total. The number of nitrogens with one attached hydrogen (secondary N) is 1. The monoisotopic (exact) mass is 264 g/mol. The average molecular weight is 264 g/mol. The molecule has 0 spiro atoms. The Morgan fingerprint density at radius 3 is 2.50 bits per heavy atom. The molecule has 1 heterocycles. The Morgan fingerprint density at radius 1 is 1.44 bits per heavy atom. The summed E-state index contributed by atoms with van der Waals surface area (Å²) in [5.41, 5.74) is -0.331. The Hall–Kier alpha value is -2.32. The van der Waals surface area contributed by atoms with E-state index in [0.29, 0.717) is 0 Å². The van der Waals surface area contributed by atoms with Crippen LogP contribution < -0.4 is 10.1 Å². The first kappa shape index (κ1) is 13.7. The number of hydrogen-bond donors (Lipinski definition) is 2. The summed E-state index contributed by atoms with van der Waals surface area (Å²) in [6.07, 6.45) is -4.27. The molecule has 0 aliphatic heterocycles. The first-order valence-electron chi connectivity index (χ1n) is 4.41.